The fourth-order valence-electron chi connectivity index (χ4n) is 1.60. The zero-order chi connectivity index (χ0) is 14.4. The van der Waals surface area contributed by atoms with Crippen LogP contribution in [0, 0.1) is 0 Å². The molecule has 1 rings (SSSR count). The lowest BCUT2D eigenvalue weighted by molar-refractivity contribution is 0.167. The summed E-state index contributed by atoms with van der Waals surface area (Å²) in [5.41, 5.74) is 7.51. The summed E-state index contributed by atoms with van der Waals surface area (Å²) in [6.07, 6.45) is 0.153. The van der Waals surface area contributed by atoms with Crippen LogP contribution in [0.15, 0.2) is 24.3 Å². The summed E-state index contributed by atoms with van der Waals surface area (Å²) >= 11 is 0. The molecule has 2 atom stereocenters. The molecule has 4 N–H and O–H groups in total. The number of anilines is 1. The van der Waals surface area contributed by atoms with Crippen LogP contribution in [0.2, 0.25) is 0 Å². The highest BCUT2D eigenvalue weighted by Gasteiger charge is 2.10. The summed E-state index contributed by atoms with van der Waals surface area (Å²) in [6.45, 7) is 4.12. The molecular formula is C14H23N3O2. The number of aliphatic hydroxyl groups excluding tert-OH is 1. The van der Waals surface area contributed by atoms with E-state index in [0.29, 0.717) is 13.0 Å². The smallest absolute Gasteiger partial charge is 0.321 e. The fraction of sp³-hybridized carbons (Fsp3) is 0.500. The van der Waals surface area contributed by atoms with E-state index in [1.165, 1.54) is 0 Å². The lowest BCUT2D eigenvalue weighted by Crippen LogP contribution is -2.33. The van der Waals surface area contributed by atoms with Crippen molar-refractivity contribution < 1.29 is 9.90 Å². The summed E-state index contributed by atoms with van der Waals surface area (Å²) in [4.78, 5) is 13.5. The van der Waals surface area contributed by atoms with E-state index in [0.717, 1.165) is 11.3 Å². The molecule has 106 valence electrons. The van der Waals surface area contributed by atoms with Crippen molar-refractivity contribution in [2.45, 2.75) is 32.4 Å². The van der Waals surface area contributed by atoms with Crippen LogP contribution in [0.1, 0.15) is 31.9 Å². The highest BCUT2D eigenvalue weighted by molar-refractivity contribution is 5.89. The van der Waals surface area contributed by atoms with Gasteiger partial charge < -0.3 is 21.1 Å². The monoisotopic (exact) mass is 265 g/mol. The van der Waals surface area contributed by atoms with E-state index in [1.807, 2.05) is 31.2 Å². The number of amides is 2. The molecule has 0 aromatic heterocycles. The van der Waals surface area contributed by atoms with Gasteiger partial charge in [-0.2, -0.15) is 0 Å². The first kappa shape index (κ1) is 15.5. The molecule has 0 aliphatic rings. The number of hydrogen-bond acceptors (Lipinski definition) is 3. The SMILES string of the molecule is CC(O)CCN(C)C(=O)Nc1cccc(C(C)N)c1. The predicted octanol–water partition coefficient (Wildman–Crippen LogP) is 1.94. The molecule has 19 heavy (non-hydrogen) atoms. The zero-order valence-electron chi connectivity index (χ0n) is 11.8. The minimum atomic E-state index is -0.406. The van der Waals surface area contributed by atoms with Crippen LogP contribution < -0.4 is 11.1 Å². The van der Waals surface area contributed by atoms with Crippen LogP contribution >= 0.6 is 0 Å². The van der Waals surface area contributed by atoms with Crippen LogP contribution in [0.4, 0.5) is 10.5 Å². The van der Waals surface area contributed by atoms with Crippen molar-refractivity contribution in [3.63, 3.8) is 0 Å². The molecule has 5 nitrogen and oxygen atoms in total. The Kier molecular flexibility index (Phi) is 5.79. The number of nitrogens with two attached hydrogens (primary N) is 1. The van der Waals surface area contributed by atoms with Crippen molar-refractivity contribution in [2.24, 2.45) is 5.73 Å². The number of rotatable bonds is 5. The van der Waals surface area contributed by atoms with E-state index >= 15 is 0 Å². The molecule has 0 spiro atoms. The standard InChI is InChI=1S/C14H23N3O2/c1-10(18)7-8-17(3)14(19)16-13-6-4-5-12(9-13)11(2)15/h4-6,9-11,18H,7-8,15H2,1-3H3,(H,16,19). The molecule has 0 saturated heterocycles. The summed E-state index contributed by atoms with van der Waals surface area (Å²) in [5, 5.41) is 12.0. The van der Waals surface area contributed by atoms with Gasteiger partial charge in [0.15, 0.2) is 0 Å². The summed E-state index contributed by atoms with van der Waals surface area (Å²) in [6, 6.07) is 7.23. The topological polar surface area (TPSA) is 78.6 Å². The molecule has 0 fully saturated rings. The maximum Gasteiger partial charge on any atom is 0.321 e. The summed E-state index contributed by atoms with van der Waals surface area (Å²) in [7, 11) is 1.70. The number of aliphatic hydroxyl groups is 1. The van der Waals surface area contributed by atoms with Crippen LogP contribution in [-0.2, 0) is 0 Å². The van der Waals surface area contributed by atoms with E-state index in [1.54, 1.807) is 18.9 Å². The van der Waals surface area contributed by atoms with Gasteiger partial charge >= 0.3 is 6.03 Å². The van der Waals surface area contributed by atoms with Crippen molar-refractivity contribution in [2.75, 3.05) is 18.9 Å². The summed E-state index contributed by atoms with van der Waals surface area (Å²) in [5.74, 6) is 0. The van der Waals surface area contributed by atoms with Gasteiger partial charge in [-0.25, -0.2) is 4.79 Å². The van der Waals surface area contributed by atoms with Gasteiger partial charge in [-0.05, 0) is 38.0 Å². The second-order valence-electron chi connectivity index (χ2n) is 4.90. The Balaban J connectivity index is 2.58. The number of carbonyl (C=O) groups is 1. The highest BCUT2D eigenvalue weighted by atomic mass is 16.3. The predicted molar refractivity (Wildman–Crippen MR) is 77.0 cm³/mol. The van der Waals surface area contributed by atoms with E-state index in [-0.39, 0.29) is 12.1 Å². The van der Waals surface area contributed by atoms with E-state index in [2.05, 4.69) is 5.32 Å². The number of carbonyl (C=O) groups excluding carboxylic acids is 1. The second kappa shape index (κ2) is 7.11. The number of nitrogens with one attached hydrogen (secondary N) is 1. The van der Waals surface area contributed by atoms with Gasteiger partial charge in [-0.3, -0.25) is 0 Å². The van der Waals surface area contributed by atoms with Crippen molar-refractivity contribution in [3.8, 4) is 0 Å². The average Bonchev–Trinajstić information content (AvgIpc) is 2.36. The van der Waals surface area contributed by atoms with Crippen LogP contribution in [-0.4, -0.2) is 35.7 Å². The second-order valence-corrected chi connectivity index (χ2v) is 4.90. The first-order chi connectivity index (χ1) is 8.90. The molecule has 0 saturated carbocycles. The summed E-state index contributed by atoms with van der Waals surface area (Å²) < 4.78 is 0. The number of hydrogen-bond donors (Lipinski definition) is 3. The van der Waals surface area contributed by atoms with Crippen LogP contribution in [0.25, 0.3) is 0 Å². The molecule has 0 heterocycles. The molecule has 5 heteroatoms. The Labute approximate surface area is 114 Å². The Hall–Kier alpha value is -1.59. The molecule has 0 radical (unpaired) electrons. The van der Waals surface area contributed by atoms with Crippen LogP contribution in [0.3, 0.4) is 0 Å². The van der Waals surface area contributed by atoms with Crippen LogP contribution in [0.5, 0.6) is 0 Å². The third-order valence-corrected chi connectivity index (χ3v) is 2.89. The maximum absolute atomic E-state index is 11.9. The molecule has 2 amide bonds. The lowest BCUT2D eigenvalue weighted by Gasteiger charge is -2.19. The van der Waals surface area contributed by atoms with E-state index in [4.69, 9.17) is 5.73 Å². The Bertz CT molecular complexity index is 419. The van der Waals surface area contributed by atoms with Gasteiger partial charge in [0.2, 0.25) is 0 Å². The quantitative estimate of drug-likeness (QED) is 0.761. The fourth-order valence-corrected chi connectivity index (χ4v) is 1.60. The third-order valence-electron chi connectivity index (χ3n) is 2.89. The molecular weight excluding hydrogens is 242 g/mol. The van der Waals surface area contributed by atoms with E-state index < -0.39 is 6.10 Å². The van der Waals surface area contributed by atoms with Gasteiger partial charge in [0.25, 0.3) is 0 Å². The Morgan fingerprint density at radius 1 is 1.47 bits per heavy atom. The molecule has 0 aliphatic heterocycles. The minimum absolute atomic E-state index is 0.0650. The third kappa shape index (κ3) is 5.28. The van der Waals surface area contributed by atoms with Gasteiger partial charge in [0.05, 0.1) is 6.10 Å². The molecule has 2 unspecified atom stereocenters. The first-order valence-corrected chi connectivity index (χ1v) is 6.46. The van der Waals surface area contributed by atoms with Crippen molar-refractivity contribution in [1.82, 2.24) is 4.90 Å². The Morgan fingerprint density at radius 2 is 2.16 bits per heavy atom. The lowest BCUT2D eigenvalue weighted by atomic mass is 10.1. The first-order valence-electron chi connectivity index (χ1n) is 6.46. The van der Waals surface area contributed by atoms with Gasteiger partial charge in [0, 0.05) is 25.3 Å². The van der Waals surface area contributed by atoms with Gasteiger partial charge in [-0.1, -0.05) is 12.1 Å². The maximum atomic E-state index is 11.9. The van der Waals surface area contributed by atoms with E-state index in [9.17, 15) is 9.90 Å². The normalized spacial score (nSPS) is 13.7. The minimum Gasteiger partial charge on any atom is -0.393 e. The highest BCUT2D eigenvalue weighted by Crippen LogP contribution is 2.15. The van der Waals surface area contributed by atoms with Crippen molar-refractivity contribution in [3.05, 3.63) is 29.8 Å². The van der Waals surface area contributed by atoms with Gasteiger partial charge in [0.1, 0.15) is 0 Å². The molecule has 0 bridgehead atoms. The van der Waals surface area contributed by atoms with Crippen molar-refractivity contribution in [1.29, 1.82) is 0 Å². The molecule has 1 aromatic carbocycles. The Morgan fingerprint density at radius 3 is 2.74 bits per heavy atom. The largest absolute Gasteiger partial charge is 0.393 e. The zero-order valence-corrected chi connectivity index (χ0v) is 11.8. The number of nitrogens with zero attached hydrogens (tertiary/aromatic N) is 1. The molecule has 1 aromatic rings. The van der Waals surface area contributed by atoms with Crippen molar-refractivity contribution >= 4 is 11.7 Å². The number of benzene rings is 1. The van der Waals surface area contributed by atoms with Gasteiger partial charge in [-0.15, -0.1) is 0 Å². The average molecular weight is 265 g/mol. The number of urea groups is 1. The molecule has 0 aliphatic carbocycles.